The van der Waals surface area contributed by atoms with Gasteiger partial charge in [-0.25, -0.2) is 0 Å². The first-order chi connectivity index (χ1) is 9.22. The second-order valence-electron chi connectivity index (χ2n) is 3.98. The van der Waals surface area contributed by atoms with Crippen molar-refractivity contribution < 1.29 is 9.47 Å². The number of nitrogens with zero attached hydrogens (tertiary/aromatic N) is 1. The summed E-state index contributed by atoms with van der Waals surface area (Å²) in [5.74, 6) is 1.52. The summed E-state index contributed by atoms with van der Waals surface area (Å²) in [5, 5.41) is 0. The molecule has 4 nitrogen and oxygen atoms in total. The van der Waals surface area contributed by atoms with E-state index in [0.717, 1.165) is 27.1 Å². The molecule has 0 aliphatic rings. The van der Waals surface area contributed by atoms with Gasteiger partial charge in [0.15, 0.2) is 0 Å². The molecule has 0 amide bonds. The zero-order valence-electron chi connectivity index (χ0n) is 10.6. The van der Waals surface area contributed by atoms with Crippen LogP contribution in [0.25, 0.3) is 0 Å². The second-order valence-corrected chi connectivity index (χ2v) is 4.89. The van der Waals surface area contributed by atoms with Crippen molar-refractivity contribution >= 4 is 15.9 Å². The van der Waals surface area contributed by atoms with E-state index < -0.39 is 0 Å². The normalized spacial score (nSPS) is 10.3. The molecule has 100 valence electrons. The molecule has 0 radical (unpaired) electrons. The largest absolute Gasteiger partial charge is 0.496 e. The van der Waals surface area contributed by atoms with Crippen LogP contribution in [0.4, 0.5) is 0 Å². The number of hydrogen-bond acceptors (Lipinski definition) is 4. The topological polar surface area (TPSA) is 57.4 Å². The first-order valence-corrected chi connectivity index (χ1v) is 6.61. The maximum atomic E-state index is 5.69. The number of pyridine rings is 1. The smallest absolute Gasteiger partial charge is 0.139 e. The average Bonchev–Trinajstić information content (AvgIpc) is 2.45. The maximum Gasteiger partial charge on any atom is 0.139 e. The number of aromatic nitrogens is 1. The highest BCUT2D eigenvalue weighted by molar-refractivity contribution is 9.10. The van der Waals surface area contributed by atoms with Crippen molar-refractivity contribution in [3.63, 3.8) is 0 Å². The van der Waals surface area contributed by atoms with Crippen molar-refractivity contribution in [3.8, 4) is 11.5 Å². The number of hydrogen-bond donors (Lipinski definition) is 1. The predicted octanol–water partition coefficient (Wildman–Crippen LogP) is 2.89. The monoisotopic (exact) mass is 322 g/mol. The molecule has 19 heavy (non-hydrogen) atoms. The highest BCUT2D eigenvalue weighted by atomic mass is 79.9. The Hall–Kier alpha value is -1.59. The summed E-state index contributed by atoms with van der Waals surface area (Å²) in [4.78, 5) is 4.05. The van der Waals surface area contributed by atoms with E-state index in [0.29, 0.717) is 13.2 Å². The summed E-state index contributed by atoms with van der Waals surface area (Å²) in [6.07, 6.45) is 3.39. The first kappa shape index (κ1) is 13.8. The molecule has 0 saturated carbocycles. The van der Waals surface area contributed by atoms with Gasteiger partial charge in [0, 0.05) is 22.8 Å². The third kappa shape index (κ3) is 3.68. The molecule has 0 saturated heterocycles. The Labute approximate surface area is 120 Å². The Balaban J connectivity index is 2.07. The van der Waals surface area contributed by atoms with Gasteiger partial charge in [-0.05, 0) is 39.7 Å². The Morgan fingerprint density at radius 2 is 2.11 bits per heavy atom. The fourth-order valence-corrected chi connectivity index (χ4v) is 2.06. The number of halogens is 1. The summed E-state index contributed by atoms with van der Waals surface area (Å²) in [6.45, 7) is 0.907. The molecule has 0 spiro atoms. The minimum absolute atomic E-state index is 0.440. The third-order valence-corrected chi connectivity index (χ3v) is 3.08. The number of rotatable bonds is 5. The van der Waals surface area contributed by atoms with Gasteiger partial charge in [-0.2, -0.15) is 0 Å². The van der Waals surface area contributed by atoms with Gasteiger partial charge in [0.1, 0.15) is 18.1 Å². The number of methoxy groups -OCH3 is 1. The summed E-state index contributed by atoms with van der Waals surface area (Å²) in [6, 6.07) is 7.73. The lowest BCUT2D eigenvalue weighted by Gasteiger charge is -2.10. The Morgan fingerprint density at radius 1 is 1.26 bits per heavy atom. The zero-order valence-corrected chi connectivity index (χ0v) is 12.2. The molecule has 1 aromatic heterocycles. The Kier molecular flexibility index (Phi) is 4.76. The molecule has 0 unspecified atom stereocenters. The molecule has 5 heteroatoms. The lowest BCUT2D eigenvalue weighted by atomic mass is 10.1. The molecule has 1 aromatic carbocycles. The molecule has 2 aromatic rings. The molecule has 1 heterocycles. The average molecular weight is 323 g/mol. The van der Waals surface area contributed by atoms with E-state index >= 15 is 0 Å². The molecule has 0 aliphatic heterocycles. The molecule has 0 atom stereocenters. The predicted molar refractivity (Wildman–Crippen MR) is 77.2 cm³/mol. The molecule has 0 bridgehead atoms. The van der Waals surface area contributed by atoms with E-state index in [-0.39, 0.29) is 0 Å². The summed E-state index contributed by atoms with van der Waals surface area (Å²) in [5.41, 5.74) is 7.70. The van der Waals surface area contributed by atoms with Crippen molar-refractivity contribution in [3.05, 3.63) is 52.3 Å². The highest BCUT2D eigenvalue weighted by Gasteiger charge is 2.04. The van der Waals surface area contributed by atoms with Gasteiger partial charge in [0.2, 0.25) is 0 Å². The molecule has 2 N–H and O–H groups in total. The van der Waals surface area contributed by atoms with Crippen molar-refractivity contribution in [1.82, 2.24) is 4.98 Å². The summed E-state index contributed by atoms with van der Waals surface area (Å²) < 4.78 is 11.8. The van der Waals surface area contributed by atoms with E-state index in [1.165, 1.54) is 0 Å². The SMILES string of the molecule is COc1ccc(COc2cncc(Br)c2)cc1CN. The zero-order chi connectivity index (χ0) is 13.7. The molecular weight excluding hydrogens is 308 g/mol. The first-order valence-electron chi connectivity index (χ1n) is 5.82. The van der Waals surface area contributed by atoms with Gasteiger partial charge < -0.3 is 15.2 Å². The number of nitrogens with two attached hydrogens (primary N) is 1. The minimum atomic E-state index is 0.440. The van der Waals surface area contributed by atoms with Crippen LogP contribution in [0.1, 0.15) is 11.1 Å². The van der Waals surface area contributed by atoms with Crippen LogP contribution in [0.3, 0.4) is 0 Å². The second kappa shape index (κ2) is 6.54. The van der Waals surface area contributed by atoms with Crippen LogP contribution >= 0.6 is 15.9 Å². The highest BCUT2D eigenvalue weighted by Crippen LogP contribution is 2.21. The molecular formula is C14H15BrN2O2. The van der Waals surface area contributed by atoms with Crippen LogP contribution in [-0.2, 0) is 13.2 Å². The lowest BCUT2D eigenvalue weighted by molar-refractivity contribution is 0.304. The van der Waals surface area contributed by atoms with Crippen LogP contribution in [0.5, 0.6) is 11.5 Å². The molecule has 2 rings (SSSR count). The van der Waals surface area contributed by atoms with Crippen LogP contribution in [0, 0.1) is 0 Å². The summed E-state index contributed by atoms with van der Waals surface area (Å²) in [7, 11) is 1.64. The van der Waals surface area contributed by atoms with E-state index in [2.05, 4.69) is 20.9 Å². The van der Waals surface area contributed by atoms with E-state index in [9.17, 15) is 0 Å². The van der Waals surface area contributed by atoms with Crippen molar-refractivity contribution in [1.29, 1.82) is 0 Å². The number of benzene rings is 1. The van der Waals surface area contributed by atoms with Crippen molar-refractivity contribution in [2.24, 2.45) is 5.73 Å². The van der Waals surface area contributed by atoms with Gasteiger partial charge in [-0.1, -0.05) is 6.07 Å². The maximum absolute atomic E-state index is 5.69. The van der Waals surface area contributed by atoms with Crippen LogP contribution in [-0.4, -0.2) is 12.1 Å². The molecule has 0 aliphatic carbocycles. The van der Waals surface area contributed by atoms with Crippen LogP contribution in [0.15, 0.2) is 41.1 Å². The van der Waals surface area contributed by atoms with Gasteiger partial charge in [0.25, 0.3) is 0 Å². The van der Waals surface area contributed by atoms with Crippen molar-refractivity contribution in [2.75, 3.05) is 7.11 Å². The fourth-order valence-electron chi connectivity index (χ4n) is 1.72. The van der Waals surface area contributed by atoms with E-state index in [4.69, 9.17) is 15.2 Å². The van der Waals surface area contributed by atoms with Gasteiger partial charge in [-0.3, -0.25) is 4.98 Å². The van der Waals surface area contributed by atoms with Gasteiger partial charge in [0.05, 0.1) is 13.3 Å². The molecule has 0 fully saturated rings. The quantitative estimate of drug-likeness (QED) is 0.919. The standard InChI is InChI=1S/C14H15BrN2O2/c1-18-14-3-2-10(4-11(14)6-16)9-19-13-5-12(15)7-17-8-13/h2-5,7-8H,6,9,16H2,1H3. The van der Waals surface area contributed by atoms with Crippen molar-refractivity contribution in [2.45, 2.75) is 13.2 Å². The fraction of sp³-hybridized carbons (Fsp3) is 0.214. The van der Waals surface area contributed by atoms with E-state index in [1.807, 2.05) is 24.3 Å². The van der Waals surface area contributed by atoms with Crippen LogP contribution in [0.2, 0.25) is 0 Å². The number of ether oxygens (including phenoxy) is 2. The Morgan fingerprint density at radius 3 is 2.79 bits per heavy atom. The van der Waals surface area contributed by atoms with Gasteiger partial charge >= 0.3 is 0 Å². The Bertz CT molecular complexity index is 561. The van der Waals surface area contributed by atoms with E-state index in [1.54, 1.807) is 19.5 Å². The minimum Gasteiger partial charge on any atom is -0.496 e. The lowest BCUT2D eigenvalue weighted by Crippen LogP contribution is -2.02. The summed E-state index contributed by atoms with van der Waals surface area (Å²) >= 11 is 3.35. The third-order valence-electron chi connectivity index (χ3n) is 2.65. The van der Waals surface area contributed by atoms with Crippen LogP contribution < -0.4 is 15.2 Å². The van der Waals surface area contributed by atoms with Gasteiger partial charge in [-0.15, -0.1) is 0 Å².